The maximum atomic E-state index is 6.02. The molecule has 0 spiro atoms. The molecule has 0 saturated carbocycles. The molecule has 2 rings (SSSR count). The lowest BCUT2D eigenvalue weighted by atomic mass is 10.1. The van der Waals surface area contributed by atoms with E-state index in [9.17, 15) is 0 Å². The average Bonchev–Trinajstić information content (AvgIpc) is 2.42. The highest BCUT2D eigenvalue weighted by Gasteiger charge is 2.06. The minimum atomic E-state index is 0.756. The first-order valence-corrected chi connectivity index (χ1v) is 6.78. The molecular formula is C15H17BrN2O. The second kappa shape index (κ2) is 5.97. The van der Waals surface area contributed by atoms with Gasteiger partial charge in [-0.2, -0.15) is 0 Å². The fourth-order valence-electron chi connectivity index (χ4n) is 1.90. The summed E-state index contributed by atoms with van der Waals surface area (Å²) in [6.45, 7) is 0.756. The van der Waals surface area contributed by atoms with Crippen LogP contribution in [-0.4, -0.2) is 14.2 Å². The molecule has 0 bridgehead atoms. The van der Waals surface area contributed by atoms with Crippen LogP contribution in [0.4, 0.5) is 11.4 Å². The lowest BCUT2D eigenvalue weighted by Gasteiger charge is -2.21. The Kier molecular flexibility index (Phi) is 4.32. The highest BCUT2D eigenvalue weighted by atomic mass is 79.9. The van der Waals surface area contributed by atoms with Gasteiger partial charge in [-0.1, -0.05) is 28.1 Å². The number of rotatable bonds is 4. The van der Waals surface area contributed by atoms with Gasteiger partial charge < -0.3 is 15.4 Å². The van der Waals surface area contributed by atoms with Gasteiger partial charge in [-0.25, -0.2) is 0 Å². The molecule has 100 valence electrons. The molecule has 19 heavy (non-hydrogen) atoms. The van der Waals surface area contributed by atoms with Crippen molar-refractivity contribution in [1.82, 2.24) is 0 Å². The number of methoxy groups -OCH3 is 1. The summed E-state index contributed by atoms with van der Waals surface area (Å²) in [6, 6.07) is 13.9. The average molecular weight is 321 g/mol. The van der Waals surface area contributed by atoms with Crippen LogP contribution >= 0.6 is 15.9 Å². The van der Waals surface area contributed by atoms with E-state index in [4.69, 9.17) is 10.5 Å². The van der Waals surface area contributed by atoms with Gasteiger partial charge in [0.05, 0.1) is 7.11 Å². The van der Waals surface area contributed by atoms with Crippen molar-refractivity contribution < 1.29 is 4.74 Å². The molecule has 0 saturated heterocycles. The third-order valence-electron chi connectivity index (χ3n) is 3.01. The molecule has 3 nitrogen and oxygen atoms in total. The summed E-state index contributed by atoms with van der Waals surface area (Å²) >= 11 is 3.42. The van der Waals surface area contributed by atoms with Crippen molar-refractivity contribution in [1.29, 1.82) is 0 Å². The van der Waals surface area contributed by atoms with Gasteiger partial charge in [-0.05, 0) is 29.8 Å². The van der Waals surface area contributed by atoms with Gasteiger partial charge in [0.1, 0.15) is 5.75 Å². The number of nitrogen functional groups attached to an aromatic ring is 1. The molecule has 2 aromatic rings. The lowest BCUT2D eigenvalue weighted by molar-refractivity contribution is 0.415. The Labute approximate surface area is 122 Å². The zero-order valence-electron chi connectivity index (χ0n) is 11.1. The van der Waals surface area contributed by atoms with Gasteiger partial charge in [0, 0.05) is 35.5 Å². The van der Waals surface area contributed by atoms with Crippen LogP contribution in [0.3, 0.4) is 0 Å². The van der Waals surface area contributed by atoms with Crippen LogP contribution in [0.5, 0.6) is 5.75 Å². The quantitative estimate of drug-likeness (QED) is 0.873. The SMILES string of the molecule is COc1cccc(N(C)Cc2ccc(Br)cc2N)c1. The zero-order valence-corrected chi connectivity index (χ0v) is 12.6. The first-order chi connectivity index (χ1) is 9.10. The molecule has 0 radical (unpaired) electrons. The molecular weight excluding hydrogens is 304 g/mol. The van der Waals surface area contributed by atoms with Gasteiger partial charge in [-0.15, -0.1) is 0 Å². The van der Waals surface area contributed by atoms with Crippen LogP contribution in [0.2, 0.25) is 0 Å². The Balaban J connectivity index is 2.17. The van der Waals surface area contributed by atoms with Gasteiger partial charge in [0.15, 0.2) is 0 Å². The van der Waals surface area contributed by atoms with Crippen LogP contribution in [0.15, 0.2) is 46.9 Å². The minimum Gasteiger partial charge on any atom is -0.497 e. The van der Waals surface area contributed by atoms with Crippen LogP contribution in [0.1, 0.15) is 5.56 Å². The second-order valence-corrected chi connectivity index (χ2v) is 5.32. The second-order valence-electron chi connectivity index (χ2n) is 4.40. The third kappa shape index (κ3) is 3.41. The molecule has 0 unspecified atom stereocenters. The fraction of sp³-hybridized carbons (Fsp3) is 0.200. The predicted octanol–water partition coefficient (Wildman–Crippen LogP) is 3.68. The highest BCUT2D eigenvalue weighted by Crippen LogP contribution is 2.24. The maximum Gasteiger partial charge on any atom is 0.120 e. The van der Waals surface area contributed by atoms with Gasteiger partial charge in [0.2, 0.25) is 0 Å². The van der Waals surface area contributed by atoms with E-state index in [0.717, 1.165) is 33.7 Å². The minimum absolute atomic E-state index is 0.756. The molecule has 0 atom stereocenters. The lowest BCUT2D eigenvalue weighted by Crippen LogP contribution is -2.17. The van der Waals surface area contributed by atoms with Gasteiger partial charge in [-0.3, -0.25) is 0 Å². The number of hydrogen-bond acceptors (Lipinski definition) is 3. The van der Waals surface area contributed by atoms with Crippen LogP contribution in [0, 0.1) is 0 Å². The van der Waals surface area contributed by atoms with Gasteiger partial charge in [0.25, 0.3) is 0 Å². The van der Waals surface area contributed by atoms with Crippen molar-refractivity contribution in [2.45, 2.75) is 6.54 Å². The monoisotopic (exact) mass is 320 g/mol. The molecule has 0 heterocycles. The summed E-state index contributed by atoms with van der Waals surface area (Å²) in [4.78, 5) is 2.14. The van der Waals surface area contributed by atoms with Crippen molar-refractivity contribution in [3.05, 3.63) is 52.5 Å². The molecule has 0 aliphatic carbocycles. The summed E-state index contributed by atoms with van der Waals surface area (Å²) in [6.07, 6.45) is 0. The fourth-order valence-corrected chi connectivity index (χ4v) is 2.28. The third-order valence-corrected chi connectivity index (χ3v) is 3.50. The van der Waals surface area contributed by atoms with E-state index in [1.807, 2.05) is 43.4 Å². The van der Waals surface area contributed by atoms with Crippen LogP contribution in [-0.2, 0) is 6.54 Å². The van der Waals surface area contributed by atoms with Gasteiger partial charge >= 0.3 is 0 Å². The van der Waals surface area contributed by atoms with Crippen molar-refractivity contribution >= 4 is 27.3 Å². The van der Waals surface area contributed by atoms with Crippen molar-refractivity contribution in [2.75, 3.05) is 24.8 Å². The normalized spacial score (nSPS) is 10.3. The summed E-state index contributed by atoms with van der Waals surface area (Å²) in [7, 11) is 3.71. The largest absolute Gasteiger partial charge is 0.497 e. The predicted molar refractivity (Wildman–Crippen MR) is 83.7 cm³/mol. The van der Waals surface area contributed by atoms with Crippen molar-refractivity contribution in [2.24, 2.45) is 0 Å². The number of nitrogens with zero attached hydrogens (tertiary/aromatic N) is 1. The molecule has 2 aromatic carbocycles. The van der Waals surface area contributed by atoms with E-state index < -0.39 is 0 Å². The Morgan fingerprint density at radius 3 is 2.68 bits per heavy atom. The first-order valence-electron chi connectivity index (χ1n) is 5.99. The summed E-state index contributed by atoms with van der Waals surface area (Å²) in [5, 5.41) is 0. The van der Waals surface area contributed by atoms with E-state index in [2.05, 4.69) is 26.9 Å². The Hall–Kier alpha value is -1.68. The number of ether oxygens (including phenoxy) is 1. The van der Waals surface area contributed by atoms with Crippen LogP contribution in [0.25, 0.3) is 0 Å². The number of anilines is 2. The molecule has 0 amide bonds. The number of nitrogens with two attached hydrogens (primary N) is 1. The van der Waals surface area contributed by atoms with E-state index in [0.29, 0.717) is 0 Å². The zero-order chi connectivity index (χ0) is 13.8. The Morgan fingerprint density at radius 1 is 1.21 bits per heavy atom. The Bertz CT molecular complexity index is 572. The Morgan fingerprint density at radius 2 is 2.00 bits per heavy atom. The summed E-state index contributed by atoms with van der Waals surface area (Å²) in [5.41, 5.74) is 9.02. The molecule has 0 aromatic heterocycles. The first kappa shape index (κ1) is 13.7. The van der Waals surface area contributed by atoms with Crippen molar-refractivity contribution in [3.8, 4) is 5.75 Å². The molecule has 0 aliphatic rings. The number of halogens is 1. The smallest absolute Gasteiger partial charge is 0.120 e. The molecule has 2 N–H and O–H groups in total. The standard InChI is InChI=1S/C15H17BrN2O/c1-18(13-4-3-5-14(9-13)19-2)10-11-6-7-12(16)8-15(11)17/h3-9H,10,17H2,1-2H3. The topological polar surface area (TPSA) is 38.5 Å². The van der Waals surface area contributed by atoms with Crippen LogP contribution < -0.4 is 15.4 Å². The van der Waals surface area contributed by atoms with E-state index in [-0.39, 0.29) is 0 Å². The van der Waals surface area contributed by atoms with E-state index >= 15 is 0 Å². The van der Waals surface area contributed by atoms with E-state index in [1.54, 1.807) is 7.11 Å². The summed E-state index contributed by atoms with van der Waals surface area (Å²) in [5.74, 6) is 0.855. The molecule has 0 fully saturated rings. The molecule has 4 heteroatoms. The number of hydrogen-bond donors (Lipinski definition) is 1. The summed E-state index contributed by atoms with van der Waals surface area (Å²) < 4.78 is 6.24. The van der Waals surface area contributed by atoms with Crippen molar-refractivity contribution in [3.63, 3.8) is 0 Å². The maximum absolute atomic E-state index is 6.02. The molecule has 0 aliphatic heterocycles. The van der Waals surface area contributed by atoms with E-state index in [1.165, 1.54) is 0 Å². The highest BCUT2D eigenvalue weighted by molar-refractivity contribution is 9.10. The number of benzene rings is 2.